The van der Waals surface area contributed by atoms with E-state index in [2.05, 4.69) is 22.0 Å². The van der Waals surface area contributed by atoms with Crippen LogP contribution in [-0.4, -0.2) is 42.9 Å². The van der Waals surface area contributed by atoms with Gasteiger partial charge in [0.15, 0.2) is 6.10 Å². The zero-order valence-electron chi connectivity index (χ0n) is 9.44. The molecular weight excluding hydrogens is 244 g/mol. The maximum absolute atomic E-state index is 11.3. The van der Waals surface area contributed by atoms with Crippen LogP contribution >= 0.6 is 11.6 Å². The van der Waals surface area contributed by atoms with Crippen molar-refractivity contribution in [3.05, 3.63) is 0 Å². The monoisotopic (exact) mass is 258 g/mol. The van der Waals surface area contributed by atoms with Crippen molar-refractivity contribution in [2.45, 2.75) is 42.6 Å². The minimum atomic E-state index is -0.628. The summed E-state index contributed by atoms with van der Waals surface area (Å²) >= 11 is 6.03. The van der Waals surface area contributed by atoms with Crippen LogP contribution in [0.5, 0.6) is 0 Å². The van der Waals surface area contributed by atoms with E-state index in [0.717, 1.165) is 12.8 Å². The van der Waals surface area contributed by atoms with E-state index in [1.54, 1.807) is 0 Å². The number of nitrogens with one attached hydrogen (secondary N) is 3. The topological polar surface area (TPSA) is 86.2 Å². The molecule has 0 spiro atoms. The molecule has 2 aliphatic rings. The Kier molecular flexibility index (Phi) is 3.72. The van der Waals surface area contributed by atoms with E-state index in [1.165, 1.54) is 7.05 Å². The Balaban J connectivity index is 2.09. The number of urea groups is 1. The lowest BCUT2D eigenvalue weighted by atomic mass is 9.96. The number of ether oxygens (including phenoxy) is 1. The fourth-order valence-electron chi connectivity index (χ4n) is 2.34. The van der Waals surface area contributed by atoms with Crippen molar-refractivity contribution in [2.75, 3.05) is 7.05 Å². The van der Waals surface area contributed by atoms with Gasteiger partial charge in [0.25, 0.3) is 0 Å². The molecular formula is C10H15ClN4O2. The number of rotatable bonds is 1. The number of alkyl halides is 1. The quantitative estimate of drug-likeness (QED) is 0.453. The molecule has 2 heterocycles. The van der Waals surface area contributed by atoms with Crippen LogP contribution in [0.15, 0.2) is 0 Å². The van der Waals surface area contributed by atoms with Gasteiger partial charge >= 0.3 is 6.03 Å². The molecule has 2 amide bonds. The third-order valence-corrected chi connectivity index (χ3v) is 3.51. The predicted molar refractivity (Wildman–Crippen MR) is 61.5 cm³/mol. The zero-order valence-corrected chi connectivity index (χ0v) is 10.2. The summed E-state index contributed by atoms with van der Waals surface area (Å²) in [5, 5.41) is 17.4. The molecule has 7 heteroatoms. The van der Waals surface area contributed by atoms with Crippen molar-refractivity contribution >= 4 is 17.6 Å². The van der Waals surface area contributed by atoms with Crippen LogP contribution in [0.25, 0.3) is 0 Å². The van der Waals surface area contributed by atoms with E-state index in [4.69, 9.17) is 21.6 Å². The standard InChI is InChI=1S/C10H15ClN4O2/c1-13-10(16)15-9-6(4-12)17-5-2-3-7(11)14-8(5)9/h5-9,14H,2-3H2,1H3,(H2,13,15,16). The van der Waals surface area contributed by atoms with Gasteiger partial charge in [-0.15, -0.1) is 11.6 Å². The zero-order chi connectivity index (χ0) is 12.4. The van der Waals surface area contributed by atoms with Crippen molar-refractivity contribution in [3.63, 3.8) is 0 Å². The van der Waals surface area contributed by atoms with Crippen LogP contribution in [0.2, 0.25) is 0 Å². The molecule has 94 valence electrons. The molecule has 0 aromatic carbocycles. The van der Waals surface area contributed by atoms with E-state index >= 15 is 0 Å². The number of amides is 2. The summed E-state index contributed by atoms with van der Waals surface area (Å²) in [5.74, 6) is 0. The Labute approximate surface area is 105 Å². The van der Waals surface area contributed by atoms with Crippen LogP contribution < -0.4 is 16.0 Å². The highest BCUT2D eigenvalue weighted by Crippen LogP contribution is 2.29. The molecule has 17 heavy (non-hydrogen) atoms. The number of carbonyl (C=O) groups is 1. The second kappa shape index (κ2) is 5.08. The van der Waals surface area contributed by atoms with Crippen LogP contribution in [0.3, 0.4) is 0 Å². The first kappa shape index (κ1) is 12.4. The number of fused-ring (bicyclic) bond motifs is 1. The van der Waals surface area contributed by atoms with Gasteiger partial charge in [0.1, 0.15) is 0 Å². The van der Waals surface area contributed by atoms with Crippen molar-refractivity contribution in [2.24, 2.45) is 0 Å². The van der Waals surface area contributed by atoms with Crippen LogP contribution in [-0.2, 0) is 4.74 Å². The van der Waals surface area contributed by atoms with Gasteiger partial charge < -0.3 is 15.4 Å². The molecule has 0 radical (unpaired) electrons. The first-order valence-electron chi connectivity index (χ1n) is 5.59. The van der Waals surface area contributed by atoms with Gasteiger partial charge in [0, 0.05) is 7.05 Å². The Hall–Kier alpha value is -1.03. The first-order valence-corrected chi connectivity index (χ1v) is 6.02. The van der Waals surface area contributed by atoms with Crippen LogP contribution in [0, 0.1) is 11.3 Å². The molecule has 0 aromatic heterocycles. The number of piperidine rings is 1. The summed E-state index contributed by atoms with van der Waals surface area (Å²) in [6.45, 7) is 0. The smallest absolute Gasteiger partial charge is 0.314 e. The van der Waals surface area contributed by atoms with Gasteiger partial charge in [-0.25, -0.2) is 4.79 Å². The normalized spacial score (nSPS) is 40.2. The number of carbonyl (C=O) groups excluding carboxylic acids is 1. The lowest BCUT2D eigenvalue weighted by Gasteiger charge is -2.31. The Morgan fingerprint density at radius 3 is 3.00 bits per heavy atom. The third kappa shape index (κ3) is 2.46. The molecule has 2 fully saturated rings. The minimum absolute atomic E-state index is 0.0585. The number of nitriles is 1. The molecule has 6 nitrogen and oxygen atoms in total. The molecule has 3 N–H and O–H groups in total. The van der Waals surface area contributed by atoms with Gasteiger partial charge in [0.2, 0.25) is 0 Å². The van der Waals surface area contributed by atoms with E-state index in [1.807, 2.05) is 0 Å². The van der Waals surface area contributed by atoms with Crippen LogP contribution in [0.1, 0.15) is 12.8 Å². The Morgan fingerprint density at radius 2 is 2.35 bits per heavy atom. The van der Waals surface area contributed by atoms with E-state index < -0.39 is 6.10 Å². The summed E-state index contributed by atoms with van der Waals surface area (Å²) in [7, 11) is 1.53. The summed E-state index contributed by atoms with van der Waals surface area (Å²) in [5.41, 5.74) is -0.133. The summed E-state index contributed by atoms with van der Waals surface area (Å²) in [4.78, 5) is 11.3. The van der Waals surface area contributed by atoms with Crippen molar-refractivity contribution in [1.29, 1.82) is 5.26 Å². The summed E-state index contributed by atoms with van der Waals surface area (Å²) < 4.78 is 5.60. The average molecular weight is 259 g/mol. The first-order chi connectivity index (χ1) is 8.15. The second-order valence-corrected chi connectivity index (χ2v) is 4.74. The number of nitrogens with zero attached hydrogens (tertiary/aromatic N) is 1. The predicted octanol–water partition coefficient (Wildman–Crippen LogP) is -0.108. The minimum Gasteiger partial charge on any atom is -0.356 e. The summed E-state index contributed by atoms with van der Waals surface area (Å²) in [6.07, 6.45) is 0.914. The van der Waals surface area contributed by atoms with E-state index in [9.17, 15) is 4.79 Å². The van der Waals surface area contributed by atoms with E-state index in [-0.39, 0.29) is 29.7 Å². The molecule has 5 atom stereocenters. The van der Waals surface area contributed by atoms with Gasteiger partial charge in [-0.05, 0) is 12.8 Å². The molecule has 0 bridgehead atoms. The Morgan fingerprint density at radius 1 is 1.59 bits per heavy atom. The number of halogens is 1. The highest BCUT2D eigenvalue weighted by atomic mass is 35.5. The highest BCUT2D eigenvalue weighted by molar-refractivity contribution is 6.20. The number of hydrogen-bond donors (Lipinski definition) is 3. The molecule has 2 aliphatic heterocycles. The SMILES string of the molecule is CNC(=O)NC1C(C#N)OC2CCC(Cl)NC21. The fourth-order valence-corrected chi connectivity index (χ4v) is 2.61. The van der Waals surface area contributed by atoms with Gasteiger partial charge in [-0.2, -0.15) is 5.26 Å². The third-order valence-electron chi connectivity index (χ3n) is 3.16. The molecule has 2 saturated heterocycles. The van der Waals surface area contributed by atoms with E-state index in [0.29, 0.717) is 0 Å². The second-order valence-electron chi connectivity index (χ2n) is 4.21. The van der Waals surface area contributed by atoms with Crippen molar-refractivity contribution < 1.29 is 9.53 Å². The average Bonchev–Trinajstić information content (AvgIpc) is 2.67. The van der Waals surface area contributed by atoms with Gasteiger partial charge in [-0.1, -0.05) is 0 Å². The van der Waals surface area contributed by atoms with Crippen molar-refractivity contribution in [1.82, 2.24) is 16.0 Å². The lowest BCUT2D eigenvalue weighted by Crippen LogP contribution is -2.58. The van der Waals surface area contributed by atoms with Crippen LogP contribution in [0.4, 0.5) is 4.79 Å². The molecule has 0 aliphatic carbocycles. The molecule has 0 aromatic rings. The highest BCUT2D eigenvalue weighted by Gasteiger charge is 2.47. The maximum Gasteiger partial charge on any atom is 0.314 e. The molecule has 0 saturated carbocycles. The van der Waals surface area contributed by atoms with Crippen molar-refractivity contribution in [3.8, 4) is 6.07 Å². The van der Waals surface area contributed by atoms with Gasteiger partial charge in [0.05, 0.1) is 29.8 Å². The maximum atomic E-state index is 11.3. The molecule has 5 unspecified atom stereocenters. The Bertz CT molecular complexity index is 346. The lowest BCUT2D eigenvalue weighted by molar-refractivity contribution is 0.0474. The summed E-state index contributed by atoms with van der Waals surface area (Å²) in [6, 6.07) is 1.27. The number of hydrogen-bond acceptors (Lipinski definition) is 4. The fraction of sp³-hybridized carbons (Fsp3) is 0.800. The molecule has 2 rings (SSSR count). The largest absolute Gasteiger partial charge is 0.356 e. The van der Waals surface area contributed by atoms with Gasteiger partial charge in [-0.3, -0.25) is 5.32 Å².